The van der Waals surface area contributed by atoms with Gasteiger partial charge in [-0.3, -0.25) is 9.69 Å². The van der Waals surface area contributed by atoms with Crippen LogP contribution in [0.15, 0.2) is 12.2 Å². The molecule has 3 nitrogen and oxygen atoms in total. The Hall–Kier alpha value is -0.830. The van der Waals surface area contributed by atoms with E-state index in [1.54, 1.807) is 0 Å². The summed E-state index contributed by atoms with van der Waals surface area (Å²) in [5.74, 6) is 0.653. The van der Waals surface area contributed by atoms with Gasteiger partial charge in [0.2, 0.25) is 5.91 Å². The van der Waals surface area contributed by atoms with E-state index in [0.717, 1.165) is 25.9 Å². The Kier molecular flexibility index (Phi) is 3.19. The summed E-state index contributed by atoms with van der Waals surface area (Å²) in [7, 11) is 0. The number of carbonyl (C=O) groups is 1. The highest BCUT2D eigenvalue weighted by Crippen LogP contribution is 2.25. The van der Waals surface area contributed by atoms with Gasteiger partial charge in [-0.25, -0.2) is 0 Å². The quantitative estimate of drug-likeness (QED) is 0.678. The molecule has 2 saturated heterocycles. The van der Waals surface area contributed by atoms with E-state index in [1.807, 2.05) is 0 Å². The van der Waals surface area contributed by atoms with Crippen LogP contribution in [0.1, 0.15) is 32.1 Å². The van der Waals surface area contributed by atoms with Crippen molar-refractivity contribution in [2.75, 3.05) is 26.2 Å². The minimum absolute atomic E-state index is 0.261. The molecule has 3 rings (SSSR count). The van der Waals surface area contributed by atoms with E-state index in [-0.39, 0.29) is 5.92 Å². The van der Waals surface area contributed by atoms with Crippen molar-refractivity contribution in [1.29, 1.82) is 0 Å². The van der Waals surface area contributed by atoms with Crippen LogP contribution in [0.2, 0.25) is 0 Å². The summed E-state index contributed by atoms with van der Waals surface area (Å²) in [6, 6.07) is 0.661. The minimum Gasteiger partial charge on any atom is -0.339 e. The fourth-order valence-corrected chi connectivity index (χ4v) is 3.23. The number of hydrogen-bond donors (Lipinski definition) is 0. The standard InChI is InChI=1S/C14H22N2O/c17-14(12-6-2-3-7-12)16-10-13(11-16)15-8-4-1-5-9-15/h2-3,12-13H,1,4-11H2. The van der Waals surface area contributed by atoms with Crippen LogP contribution in [0.25, 0.3) is 0 Å². The minimum atomic E-state index is 0.261. The molecule has 2 heterocycles. The number of rotatable bonds is 2. The van der Waals surface area contributed by atoms with E-state index in [0.29, 0.717) is 11.9 Å². The van der Waals surface area contributed by atoms with Gasteiger partial charge in [-0.2, -0.15) is 0 Å². The SMILES string of the molecule is O=C(C1CC=CC1)N1CC(N2CCCCC2)C1. The molecule has 2 fully saturated rings. The van der Waals surface area contributed by atoms with Gasteiger partial charge >= 0.3 is 0 Å². The second-order valence-corrected chi connectivity index (χ2v) is 5.63. The van der Waals surface area contributed by atoms with Gasteiger partial charge in [0.25, 0.3) is 0 Å². The van der Waals surface area contributed by atoms with Crippen molar-refractivity contribution in [3.05, 3.63) is 12.2 Å². The lowest BCUT2D eigenvalue weighted by molar-refractivity contribution is -0.143. The zero-order valence-electron chi connectivity index (χ0n) is 10.5. The molecule has 3 heteroatoms. The molecule has 0 atom stereocenters. The second-order valence-electron chi connectivity index (χ2n) is 5.63. The zero-order valence-corrected chi connectivity index (χ0v) is 10.5. The average molecular weight is 234 g/mol. The maximum absolute atomic E-state index is 12.1. The van der Waals surface area contributed by atoms with E-state index in [9.17, 15) is 4.79 Å². The summed E-state index contributed by atoms with van der Waals surface area (Å²) in [6.45, 7) is 4.46. The van der Waals surface area contributed by atoms with Crippen LogP contribution in [0.5, 0.6) is 0 Å². The number of amides is 1. The zero-order chi connectivity index (χ0) is 11.7. The molecule has 0 radical (unpaired) electrons. The largest absolute Gasteiger partial charge is 0.339 e. The van der Waals surface area contributed by atoms with Crippen LogP contribution in [-0.2, 0) is 4.79 Å². The molecule has 0 unspecified atom stereocenters. The molecule has 0 bridgehead atoms. The smallest absolute Gasteiger partial charge is 0.226 e. The molecule has 0 aromatic rings. The van der Waals surface area contributed by atoms with Crippen LogP contribution in [0, 0.1) is 5.92 Å². The van der Waals surface area contributed by atoms with Gasteiger partial charge in [0.1, 0.15) is 0 Å². The third-order valence-corrected chi connectivity index (χ3v) is 4.44. The normalized spacial score (nSPS) is 27.4. The number of carbonyl (C=O) groups excluding carboxylic acids is 1. The predicted molar refractivity (Wildman–Crippen MR) is 67.7 cm³/mol. The molecule has 0 aromatic carbocycles. The monoisotopic (exact) mass is 234 g/mol. The molecule has 1 amide bonds. The number of likely N-dealkylation sites (tertiary alicyclic amines) is 2. The Bertz CT molecular complexity index is 306. The maximum atomic E-state index is 12.1. The average Bonchev–Trinajstić information content (AvgIpc) is 2.81. The van der Waals surface area contributed by atoms with Crippen LogP contribution in [0.4, 0.5) is 0 Å². The molecule has 17 heavy (non-hydrogen) atoms. The predicted octanol–water partition coefficient (Wildman–Crippen LogP) is 1.65. The Morgan fingerprint density at radius 1 is 1.00 bits per heavy atom. The fraction of sp³-hybridized carbons (Fsp3) is 0.786. The van der Waals surface area contributed by atoms with Gasteiger partial charge in [0.05, 0.1) is 0 Å². The van der Waals surface area contributed by atoms with E-state index < -0.39 is 0 Å². The molecule has 3 aliphatic rings. The van der Waals surface area contributed by atoms with Crippen molar-refractivity contribution < 1.29 is 4.79 Å². The Balaban J connectivity index is 1.45. The van der Waals surface area contributed by atoms with Gasteiger partial charge in [-0.05, 0) is 38.8 Å². The number of hydrogen-bond acceptors (Lipinski definition) is 2. The van der Waals surface area contributed by atoms with Crippen LogP contribution in [-0.4, -0.2) is 47.9 Å². The number of allylic oxidation sites excluding steroid dienone is 2. The van der Waals surface area contributed by atoms with Crippen LogP contribution >= 0.6 is 0 Å². The molecule has 94 valence electrons. The van der Waals surface area contributed by atoms with Gasteiger partial charge in [0, 0.05) is 25.0 Å². The van der Waals surface area contributed by atoms with E-state index in [2.05, 4.69) is 22.0 Å². The lowest BCUT2D eigenvalue weighted by atomic mass is 9.98. The molecule has 0 spiro atoms. The van der Waals surface area contributed by atoms with Gasteiger partial charge in [-0.1, -0.05) is 18.6 Å². The van der Waals surface area contributed by atoms with Crippen molar-refractivity contribution in [2.45, 2.75) is 38.1 Å². The summed E-state index contributed by atoms with van der Waals surface area (Å²) < 4.78 is 0. The fourth-order valence-electron chi connectivity index (χ4n) is 3.23. The van der Waals surface area contributed by atoms with Crippen LogP contribution in [0.3, 0.4) is 0 Å². The summed E-state index contributed by atoms with van der Waals surface area (Å²) in [5, 5.41) is 0. The first kappa shape index (κ1) is 11.3. The summed E-state index contributed by atoms with van der Waals surface area (Å²) in [4.78, 5) is 16.8. The Morgan fingerprint density at radius 2 is 1.65 bits per heavy atom. The molecule has 0 saturated carbocycles. The molecule has 0 aromatic heterocycles. The van der Waals surface area contributed by atoms with Crippen molar-refractivity contribution >= 4 is 5.91 Å². The summed E-state index contributed by atoms with van der Waals surface area (Å²) in [5.41, 5.74) is 0. The first-order chi connectivity index (χ1) is 8.34. The molecule has 2 aliphatic heterocycles. The van der Waals surface area contributed by atoms with Crippen molar-refractivity contribution in [3.63, 3.8) is 0 Å². The highest BCUT2D eigenvalue weighted by Gasteiger charge is 2.37. The van der Waals surface area contributed by atoms with Gasteiger partial charge in [0.15, 0.2) is 0 Å². The third-order valence-electron chi connectivity index (χ3n) is 4.44. The topological polar surface area (TPSA) is 23.6 Å². The number of nitrogens with zero attached hydrogens (tertiary/aromatic N) is 2. The third kappa shape index (κ3) is 2.25. The van der Waals surface area contributed by atoms with Gasteiger partial charge < -0.3 is 4.90 Å². The van der Waals surface area contributed by atoms with Crippen molar-refractivity contribution in [2.24, 2.45) is 5.92 Å². The molecular formula is C14H22N2O. The lowest BCUT2D eigenvalue weighted by Crippen LogP contribution is -2.62. The van der Waals surface area contributed by atoms with Crippen LogP contribution < -0.4 is 0 Å². The van der Waals surface area contributed by atoms with Crippen molar-refractivity contribution in [1.82, 2.24) is 9.80 Å². The first-order valence-electron chi connectivity index (χ1n) is 7.02. The highest BCUT2D eigenvalue weighted by molar-refractivity contribution is 5.80. The summed E-state index contributed by atoms with van der Waals surface area (Å²) in [6.07, 6.45) is 10.3. The van der Waals surface area contributed by atoms with E-state index in [4.69, 9.17) is 0 Å². The maximum Gasteiger partial charge on any atom is 0.226 e. The van der Waals surface area contributed by atoms with E-state index in [1.165, 1.54) is 32.4 Å². The molecule has 0 N–H and O–H groups in total. The Labute approximate surface area is 103 Å². The second kappa shape index (κ2) is 4.81. The molecule has 1 aliphatic carbocycles. The lowest BCUT2D eigenvalue weighted by Gasteiger charge is -2.47. The van der Waals surface area contributed by atoms with Gasteiger partial charge in [-0.15, -0.1) is 0 Å². The highest BCUT2D eigenvalue weighted by atomic mass is 16.2. The van der Waals surface area contributed by atoms with E-state index >= 15 is 0 Å². The number of piperidine rings is 1. The molecular weight excluding hydrogens is 212 g/mol. The summed E-state index contributed by atoms with van der Waals surface area (Å²) >= 11 is 0. The first-order valence-corrected chi connectivity index (χ1v) is 7.02. The Morgan fingerprint density at radius 3 is 2.29 bits per heavy atom. The van der Waals surface area contributed by atoms with Crippen molar-refractivity contribution in [3.8, 4) is 0 Å².